The van der Waals surface area contributed by atoms with Gasteiger partial charge >= 0.3 is 5.97 Å². The Morgan fingerprint density at radius 2 is 2.10 bits per heavy atom. The van der Waals surface area contributed by atoms with Crippen molar-refractivity contribution in [2.75, 3.05) is 20.7 Å². The summed E-state index contributed by atoms with van der Waals surface area (Å²) in [7, 11) is -0.951. The van der Waals surface area contributed by atoms with Gasteiger partial charge in [0.15, 0.2) is 0 Å². The summed E-state index contributed by atoms with van der Waals surface area (Å²) in [6.07, 6.45) is 0.0206. The lowest BCUT2D eigenvalue weighted by molar-refractivity contribution is -0.140. The molecule has 6 nitrogen and oxygen atoms in total. The number of hydrogen-bond donors (Lipinski definition) is 1. The summed E-state index contributed by atoms with van der Waals surface area (Å²) in [5.74, 6) is -0.441. The van der Waals surface area contributed by atoms with Crippen LogP contribution in [-0.4, -0.2) is 39.4 Å². The highest BCUT2D eigenvalue weighted by molar-refractivity contribution is 7.87. The fraction of sp³-hybridized carbons (Fsp3) is 0.500. The molecule has 0 spiro atoms. The van der Waals surface area contributed by atoms with Crippen molar-refractivity contribution in [1.82, 2.24) is 9.03 Å². The van der Waals surface area contributed by atoms with Crippen molar-refractivity contribution >= 4 is 16.2 Å². The Morgan fingerprint density at radius 1 is 1.43 bits per heavy atom. The van der Waals surface area contributed by atoms with Gasteiger partial charge in [0.2, 0.25) is 0 Å². The van der Waals surface area contributed by atoms with E-state index in [1.807, 2.05) is 31.2 Å². The van der Waals surface area contributed by atoms with E-state index in [0.717, 1.165) is 15.4 Å². The molecule has 0 fully saturated rings. The molecule has 118 valence electrons. The van der Waals surface area contributed by atoms with Crippen molar-refractivity contribution in [3.05, 3.63) is 35.4 Å². The van der Waals surface area contributed by atoms with Gasteiger partial charge in [-0.25, -0.2) is 0 Å². The van der Waals surface area contributed by atoms with E-state index in [-0.39, 0.29) is 19.0 Å². The summed E-state index contributed by atoms with van der Waals surface area (Å²) >= 11 is 0. The van der Waals surface area contributed by atoms with Gasteiger partial charge in [-0.2, -0.15) is 17.4 Å². The Morgan fingerprint density at radius 3 is 2.67 bits per heavy atom. The first-order chi connectivity index (χ1) is 9.76. The van der Waals surface area contributed by atoms with Crippen molar-refractivity contribution in [1.29, 1.82) is 0 Å². The minimum atomic E-state index is -3.65. The monoisotopic (exact) mass is 314 g/mol. The number of carbonyl (C=O) groups excluding carboxylic acids is 1. The Labute approximate surface area is 126 Å². The lowest BCUT2D eigenvalue weighted by Crippen LogP contribution is -2.40. The van der Waals surface area contributed by atoms with E-state index in [0.29, 0.717) is 0 Å². The Balaban J connectivity index is 2.68. The Hall–Kier alpha value is -1.44. The fourth-order valence-corrected chi connectivity index (χ4v) is 2.89. The van der Waals surface area contributed by atoms with Gasteiger partial charge in [-0.05, 0) is 19.4 Å². The molecule has 0 saturated heterocycles. The molecule has 1 aromatic rings. The molecule has 1 N–H and O–H groups in total. The standard InChI is InChI=1S/C14H22N2O4S/c1-11-6-5-7-13(10-11)12(2)15-21(18,19)16(3)9-8-14(17)20-4/h5-7,10,12,15H,8-9H2,1-4H3/t12-/m0/s1. The molecule has 21 heavy (non-hydrogen) atoms. The number of rotatable bonds is 7. The van der Waals surface area contributed by atoms with Crippen molar-refractivity contribution in [3.8, 4) is 0 Å². The van der Waals surface area contributed by atoms with E-state index >= 15 is 0 Å². The van der Waals surface area contributed by atoms with Gasteiger partial charge < -0.3 is 4.74 Å². The van der Waals surface area contributed by atoms with Crippen LogP contribution >= 0.6 is 0 Å². The second-order valence-electron chi connectivity index (χ2n) is 4.91. The number of methoxy groups -OCH3 is 1. The summed E-state index contributed by atoms with van der Waals surface area (Å²) < 4.78 is 32.5. The maximum atomic E-state index is 12.2. The van der Waals surface area contributed by atoms with E-state index < -0.39 is 16.2 Å². The molecular weight excluding hydrogens is 292 g/mol. The lowest BCUT2D eigenvalue weighted by atomic mass is 10.1. The van der Waals surface area contributed by atoms with Gasteiger partial charge in [0.05, 0.1) is 13.5 Å². The van der Waals surface area contributed by atoms with Crippen LogP contribution in [0.3, 0.4) is 0 Å². The van der Waals surface area contributed by atoms with Crippen LogP contribution in [0.1, 0.15) is 30.5 Å². The topological polar surface area (TPSA) is 75.7 Å². The first-order valence-corrected chi connectivity index (χ1v) is 8.07. The molecular formula is C14H22N2O4S. The summed E-state index contributed by atoms with van der Waals surface area (Å²) in [5, 5.41) is 0. The number of aryl methyl sites for hydroxylation is 1. The van der Waals surface area contributed by atoms with Crippen molar-refractivity contribution in [2.24, 2.45) is 0 Å². The number of benzene rings is 1. The molecule has 0 unspecified atom stereocenters. The third-order valence-electron chi connectivity index (χ3n) is 3.14. The SMILES string of the molecule is COC(=O)CCN(C)S(=O)(=O)N[C@@H](C)c1cccc(C)c1. The smallest absolute Gasteiger partial charge is 0.306 e. The minimum Gasteiger partial charge on any atom is -0.469 e. The average molecular weight is 314 g/mol. The Bertz CT molecular complexity index is 586. The van der Waals surface area contributed by atoms with Crippen LogP contribution in [0, 0.1) is 6.92 Å². The van der Waals surface area contributed by atoms with Crippen LogP contribution < -0.4 is 4.72 Å². The predicted molar refractivity (Wildman–Crippen MR) is 80.9 cm³/mol. The third kappa shape index (κ3) is 5.45. The molecule has 0 amide bonds. The van der Waals surface area contributed by atoms with Crippen molar-refractivity contribution in [3.63, 3.8) is 0 Å². The summed E-state index contributed by atoms with van der Waals surface area (Å²) in [4.78, 5) is 11.1. The highest BCUT2D eigenvalue weighted by Gasteiger charge is 2.21. The second kappa shape index (κ2) is 7.53. The minimum absolute atomic E-state index is 0.0206. The number of nitrogens with zero attached hydrogens (tertiary/aromatic N) is 1. The highest BCUT2D eigenvalue weighted by Crippen LogP contribution is 2.15. The molecule has 7 heteroatoms. The van der Waals surface area contributed by atoms with Crippen LogP contribution in [-0.2, 0) is 19.7 Å². The summed E-state index contributed by atoms with van der Waals surface area (Å²) in [5.41, 5.74) is 1.96. The number of hydrogen-bond acceptors (Lipinski definition) is 4. The fourth-order valence-electron chi connectivity index (χ4n) is 1.79. The quantitative estimate of drug-likeness (QED) is 0.772. The van der Waals surface area contributed by atoms with Gasteiger partial charge in [0.25, 0.3) is 10.2 Å². The van der Waals surface area contributed by atoms with E-state index in [1.165, 1.54) is 14.2 Å². The Kier molecular flexibility index (Phi) is 6.32. The predicted octanol–water partition coefficient (Wildman–Crippen LogP) is 1.39. The first kappa shape index (κ1) is 17.6. The number of carbonyl (C=O) groups is 1. The first-order valence-electron chi connectivity index (χ1n) is 6.63. The molecule has 0 aliphatic rings. The molecule has 0 bridgehead atoms. The summed E-state index contributed by atoms with van der Waals surface area (Å²) in [6, 6.07) is 7.29. The molecule has 0 saturated carbocycles. The van der Waals surface area contributed by atoms with Crippen LogP contribution in [0.2, 0.25) is 0 Å². The van der Waals surface area contributed by atoms with Crippen LogP contribution in [0.15, 0.2) is 24.3 Å². The van der Waals surface area contributed by atoms with Gasteiger partial charge in [0.1, 0.15) is 0 Å². The van der Waals surface area contributed by atoms with Crippen molar-refractivity contribution < 1.29 is 17.9 Å². The zero-order chi connectivity index (χ0) is 16.0. The molecule has 0 heterocycles. The second-order valence-corrected chi connectivity index (χ2v) is 6.72. The molecule has 0 aliphatic carbocycles. The maximum absolute atomic E-state index is 12.2. The number of ether oxygens (including phenoxy) is 1. The van der Waals surface area contributed by atoms with E-state index in [1.54, 1.807) is 6.92 Å². The maximum Gasteiger partial charge on any atom is 0.306 e. The van der Waals surface area contributed by atoms with Crippen LogP contribution in [0.5, 0.6) is 0 Å². The molecule has 0 aromatic heterocycles. The largest absolute Gasteiger partial charge is 0.469 e. The molecule has 1 rings (SSSR count). The zero-order valence-electron chi connectivity index (χ0n) is 12.8. The van der Waals surface area contributed by atoms with E-state index in [4.69, 9.17) is 0 Å². The molecule has 1 atom stereocenters. The molecule has 0 radical (unpaired) electrons. The zero-order valence-corrected chi connectivity index (χ0v) is 13.6. The normalized spacial score (nSPS) is 13.2. The van der Waals surface area contributed by atoms with Gasteiger partial charge in [-0.1, -0.05) is 29.8 Å². The van der Waals surface area contributed by atoms with Gasteiger partial charge in [0, 0.05) is 19.6 Å². The van der Waals surface area contributed by atoms with Crippen molar-refractivity contribution in [2.45, 2.75) is 26.3 Å². The van der Waals surface area contributed by atoms with E-state index in [9.17, 15) is 13.2 Å². The van der Waals surface area contributed by atoms with Crippen LogP contribution in [0.4, 0.5) is 0 Å². The third-order valence-corrected chi connectivity index (χ3v) is 4.79. The number of nitrogens with one attached hydrogen (secondary N) is 1. The van der Waals surface area contributed by atoms with E-state index in [2.05, 4.69) is 9.46 Å². The highest BCUT2D eigenvalue weighted by atomic mass is 32.2. The summed E-state index contributed by atoms with van der Waals surface area (Å²) in [6.45, 7) is 3.80. The van der Waals surface area contributed by atoms with Gasteiger partial charge in [-0.15, -0.1) is 0 Å². The van der Waals surface area contributed by atoms with Gasteiger partial charge in [-0.3, -0.25) is 4.79 Å². The molecule has 1 aromatic carbocycles. The average Bonchev–Trinajstić information content (AvgIpc) is 2.43. The van der Waals surface area contributed by atoms with Crippen LogP contribution in [0.25, 0.3) is 0 Å². The molecule has 0 aliphatic heterocycles. The lowest BCUT2D eigenvalue weighted by Gasteiger charge is -2.21. The number of esters is 1.